The summed E-state index contributed by atoms with van der Waals surface area (Å²) < 4.78 is 25.2. The Hall–Kier alpha value is -0.580. The molecule has 2 atom stereocenters. The molecule has 5 heteroatoms. The zero-order valence-electron chi connectivity index (χ0n) is 10.4. The highest BCUT2D eigenvalue weighted by Gasteiger charge is 2.38. The molecule has 1 aliphatic rings. The van der Waals surface area contributed by atoms with Crippen LogP contribution >= 0.6 is 11.6 Å². The van der Waals surface area contributed by atoms with Crippen molar-refractivity contribution in [2.24, 2.45) is 0 Å². The molecule has 0 saturated heterocycles. The van der Waals surface area contributed by atoms with Crippen molar-refractivity contribution in [2.45, 2.75) is 42.4 Å². The van der Waals surface area contributed by atoms with Crippen LogP contribution in [-0.2, 0) is 9.84 Å². The topological polar surface area (TPSA) is 46.2 Å². The molecule has 1 N–H and O–H groups in total. The van der Waals surface area contributed by atoms with Gasteiger partial charge >= 0.3 is 0 Å². The zero-order chi connectivity index (χ0) is 13.2. The van der Waals surface area contributed by atoms with Gasteiger partial charge in [-0.2, -0.15) is 0 Å². The first-order valence-corrected chi connectivity index (χ1v) is 8.21. The molecule has 18 heavy (non-hydrogen) atoms. The molecule has 1 aromatic carbocycles. The summed E-state index contributed by atoms with van der Waals surface area (Å²) in [6.07, 6.45) is 2.58. The zero-order valence-corrected chi connectivity index (χ0v) is 12.0. The summed E-state index contributed by atoms with van der Waals surface area (Å²) in [4.78, 5) is 0.265. The average molecular weight is 288 g/mol. The standard InChI is InChI=1S/C13H18ClNO2S/c1-2-15-11-7-5-9-13(11)18(16,17)12-8-4-3-6-10(12)14/h3-4,6,8,11,13,15H,2,5,7,9H2,1H3. The van der Waals surface area contributed by atoms with Crippen molar-refractivity contribution >= 4 is 21.4 Å². The van der Waals surface area contributed by atoms with Crippen molar-refractivity contribution in [1.29, 1.82) is 0 Å². The first kappa shape index (κ1) is 13.8. The number of hydrogen-bond acceptors (Lipinski definition) is 3. The van der Waals surface area contributed by atoms with Gasteiger partial charge in [-0.25, -0.2) is 8.42 Å². The quantitative estimate of drug-likeness (QED) is 0.926. The van der Waals surface area contributed by atoms with E-state index in [1.54, 1.807) is 24.3 Å². The molecule has 0 spiro atoms. The fourth-order valence-corrected chi connectivity index (χ4v) is 5.17. The predicted molar refractivity (Wildman–Crippen MR) is 73.7 cm³/mol. The van der Waals surface area contributed by atoms with Crippen molar-refractivity contribution in [2.75, 3.05) is 6.54 Å². The van der Waals surface area contributed by atoms with Crippen molar-refractivity contribution < 1.29 is 8.42 Å². The van der Waals surface area contributed by atoms with Crippen LogP contribution in [0.5, 0.6) is 0 Å². The molecule has 1 saturated carbocycles. The van der Waals surface area contributed by atoms with E-state index in [9.17, 15) is 8.42 Å². The molecule has 2 rings (SSSR count). The third-order valence-electron chi connectivity index (χ3n) is 3.46. The summed E-state index contributed by atoms with van der Waals surface area (Å²) in [7, 11) is -3.34. The van der Waals surface area contributed by atoms with Crippen LogP contribution in [0.2, 0.25) is 5.02 Å². The molecule has 0 aromatic heterocycles. The van der Waals surface area contributed by atoms with Gasteiger partial charge in [0.05, 0.1) is 15.2 Å². The number of halogens is 1. The van der Waals surface area contributed by atoms with Crippen molar-refractivity contribution in [3.8, 4) is 0 Å². The van der Waals surface area contributed by atoms with Gasteiger partial charge in [-0.15, -0.1) is 0 Å². The van der Waals surface area contributed by atoms with Crippen LogP contribution in [0.4, 0.5) is 0 Å². The Morgan fingerprint density at radius 2 is 2.06 bits per heavy atom. The first-order chi connectivity index (χ1) is 8.57. The number of nitrogens with one attached hydrogen (secondary N) is 1. The number of benzene rings is 1. The molecular weight excluding hydrogens is 270 g/mol. The molecule has 0 bridgehead atoms. The summed E-state index contributed by atoms with van der Waals surface area (Å²) >= 11 is 6.01. The van der Waals surface area contributed by atoms with Crippen LogP contribution in [0.25, 0.3) is 0 Å². The van der Waals surface area contributed by atoms with Gasteiger partial charge in [0.1, 0.15) is 0 Å². The predicted octanol–water partition coefficient (Wildman–Crippen LogP) is 2.64. The monoisotopic (exact) mass is 287 g/mol. The van der Waals surface area contributed by atoms with E-state index in [1.165, 1.54) is 0 Å². The fourth-order valence-electron chi connectivity index (χ4n) is 2.63. The Kier molecular flexibility index (Phi) is 4.30. The van der Waals surface area contributed by atoms with E-state index in [2.05, 4.69) is 5.32 Å². The van der Waals surface area contributed by atoms with Gasteiger partial charge in [0.2, 0.25) is 0 Å². The van der Waals surface area contributed by atoms with Crippen LogP contribution in [0.3, 0.4) is 0 Å². The molecule has 3 nitrogen and oxygen atoms in total. The Labute approximate surface area is 113 Å². The lowest BCUT2D eigenvalue weighted by atomic mass is 10.2. The molecular formula is C13H18ClNO2S. The summed E-state index contributed by atoms with van der Waals surface area (Å²) in [5, 5.41) is 3.24. The van der Waals surface area contributed by atoms with Crippen molar-refractivity contribution in [3.05, 3.63) is 29.3 Å². The molecule has 0 heterocycles. The van der Waals surface area contributed by atoms with E-state index >= 15 is 0 Å². The number of rotatable bonds is 4. The summed E-state index contributed by atoms with van der Waals surface area (Å²) in [6, 6.07) is 6.74. The van der Waals surface area contributed by atoms with Crippen LogP contribution in [-0.4, -0.2) is 26.3 Å². The molecule has 1 aliphatic carbocycles. The molecule has 1 aromatic rings. The fraction of sp³-hybridized carbons (Fsp3) is 0.538. The van der Waals surface area contributed by atoms with Crippen LogP contribution in [0.1, 0.15) is 26.2 Å². The average Bonchev–Trinajstić information content (AvgIpc) is 2.79. The summed E-state index contributed by atoms with van der Waals surface area (Å²) in [5.74, 6) is 0. The normalized spacial score (nSPS) is 24.3. The van der Waals surface area contributed by atoms with Gasteiger partial charge < -0.3 is 5.32 Å². The van der Waals surface area contributed by atoms with E-state index in [0.717, 1.165) is 19.4 Å². The van der Waals surface area contributed by atoms with Gasteiger partial charge in [-0.05, 0) is 31.5 Å². The lowest BCUT2D eigenvalue weighted by molar-refractivity contribution is 0.517. The van der Waals surface area contributed by atoms with E-state index in [-0.39, 0.29) is 16.2 Å². The van der Waals surface area contributed by atoms with Gasteiger partial charge in [0, 0.05) is 6.04 Å². The van der Waals surface area contributed by atoms with Crippen LogP contribution in [0, 0.1) is 0 Å². The Bertz CT molecular complexity index is 515. The number of sulfone groups is 1. The third-order valence-corrected chi connectivity index (χ3v) is 6.23. The van der Waals surface area contributed by atoms with E-state index in [1.807, 2.05) is 6.92 Å². The van der Waals surface area contributed by atoms with Gasteiger partial charge in [-0.1, -0.05) is 37.1 Å². The van der Waals surface area contributed by atoms with Crippen molar-refractivity contribution in [3.63, 3.8) is 0 Å². The summed E-state index contributed by atoms with van der Waals surface area (Å²) in [6.45, 7) is 2.79. The Balaban J connectivity index is 2.34. The van der Waals surface area contributed by atoms with Crippen LogP contribution < -0.4 is 5.32 Å². The second-order valence-corrected chi connectivity index (χ2v) is 7.15. The lowest BCUT2D eigenvalue weighted by Crippen LogP contribution is -2.40. The summed E-state index contributed by atoms with van der Waals surface area (Å²) in [5.41, 5.74) is 0. The third kappa shape index (κ3) is 2.56. The minimum Gasteiger partial charge on any atom is -0.313 e. The molecule has 0 radical (unpaired) electrons. The molecule has 1 fully saturated rings. The van der Waals surface area contributed by atoms with Crippen LogP contribution in [0.15, 0.2) is 29.2 Å². The maximum Gasteiger partial charge on any atom is 0.184 e. The highest BCUT2D eigenvalue weighted by atomic mass is 35.5. The molecule has 0 amide bonds. The Morgan fingerprint density at radius 1 is 1.33 bits per heavy atom. The lowest BCUT2D eigenvalue weighted by Gasteiger charge is -2.21. The SMILES string of the molecule is CCNC1CCCC1S(=O)(=O)c1ccccc1Cl. The minimum absolute atomic E-state index is 0.0521. The minimum atomic E-state index is -3.34. The van der Waals surface area contributed by atoms with Gasteiger partial charge in [0.25, 0.3) is 0 Å². The van der Waals surface area contributed by atoms with Gasteiger partial charge in [-0.3, -0.25) is 0 Å². The van der Waals surface area contributed by atoms with E-state index < -0.39 is 9.84 Å². The largest absolute Gasteiger partial charge is 0.313 e. The number of hydrogen-bond donors (Lipinski definition) is 1. The maximum atomic E-state index is 12.6. The molecule has 100 valence electrons. The second kappa shape index (κ2) is 5.59. The van der Waals surface area contributed by atoms with Crippen molar-refractivity contribution in [1.82, 2.24) is 5.32 Å². The van der Waals surface area contributed by atoms with E-state index in [0.29, 0.717) is 11.4 Å². The first-order valence-electron chi connectivity index (χ1n) is 6.29. The highest BCUT2D eigenvalue weighted by molar-refractivity contribution is 7.92. The van der Waals surface area contributed by atoms with E-state index in [4.69, 9.17) is 11.6 Å². The molecule has 0 aliphatic heterocycles. The second-order valence-electron chi connectivity index (χ2n) is 4.61. The Morgan fingerprint density at radius 3 is 2.72 bits per heavy atom. The van der Waals surface area contributed by atoms with Gasteiger partial charge in [0.15, 0.2) is 9.84 Å². The highest BCUT2D eigenvalue weighted by Crippen LogP contribution is 2.33. The smallest absolute Gasteiger partial charge is 0.184 e. The maximum absolute atomic E-state index is 12.6. The molecule has 2 unspecified atom stereocenters.